The van der Waals surface area contributed by atoms with Crippen molar-refractivity contribution < 1.29 is 4.79 Å². The number of unbranched alkanes of at least 4 members (excludes halogenated alkanes) is 13. The summed E-state index contributed by atoms with van der Waals surface area (Å²) in [4.78, 5) is 9.59. The summed E-state index contributed by atoms with van der Waals surface area (Å²) in [7, 11) is 0. The van der Waals surface area contributed by atoms with Crippen LogP contribution in [-0.4, -0.2) is 5.91 Å². The van der Waals surface area contributed by atoms with E-state index in [1.54, 1.807) is 6.92 Å². The fraction of sp³-hybridized carbons (Fsp3) is 0.947. The first-order valence-electron chi connectivity index (χ1n) is 9.47. The molecule has 0 fully saturated rings. The van der Waals surface area contributed by atoms with E-state index < -0.39 is 0 Å². The molecule has 0 heterocycles. The number of hydrogen-bond acceptors (Lipinski definition) is 1. The highest BCUT2D eigenvalue weighted by Crippen LogP contribution is 2.12. The van der Waals surface area contributed by atoms with Gasteiger partial charge in [-0.05, 0) is 0 Å². The van der Waals surface area contributed by atoms with Gasteiger partial charge in [-0.25, -0.2) is 0 Å². The average molecular weight is 300 g/mol. The molecule has 2 N–H and O–H groups in total. The van der Waals surface area contributed by atoms with Crippen LogP contribution in [0.5, 0.6) is 0 Å². The third kappa shape index (κ3) is 28.4. The molecule has 0 aromatic rings. The molecule has 0 aliphatic heterocycles. The van der Waals surface area contributed by atoms with E-state index in [0.717, 1.165) is 0 Å². The van der Waals surface area contributed by atoms with E-state index in [4.69, 9.17) is 0 Å². The van der Waals surface area contributed by atoms with Gasteiger partial charge in [-0.15, -0.1) is 0 Å². The predicted molar refractivity (Wildman–Crippen MR) is 95.5 cm³/mol. The van der Waals surface area contributed by atoms with Crippen LogP contribution in [0.3, 0.4) is 0 Å². The van der Waals surface area contributed by atoms with Gasteiger partial charge in [0.15, 0.2) is 0 Å². The van der Waals surface area contributed by atoms with E-state index in [2.05, 4.69) is 19.6 Å². The standard InChI is InChI=1S/C16H34.C3H7NO/c1-3-5-7-9-11-13-15-16-14-12-10-8-6-4-2;1-2-3(4)5/h3-16H2,1-2H3;2H2,1H3,(H2,4,5). The molecular weight excluding hydrogens is 258 g/mol. The van der Waals surface area contributed by atoms with Gasteiger partial charge in [0.05, 0.1) is 0 Å². The minimum Gasteiger partial charge on any atom is -0.370 e. The topological polar surface area (TPSA) is 43.1 Å². The summed E-state index contributed by atoms with van der Waals surface area (Å²) < 4.78 is 0. The highest BCUT2D eigenvalue weighted by molar-refractivity contribution is 5.73. The predicted octanol–water partition coefficient (Wildman–Crippen LogP) is 6.37. The second-order valence-electron chi connectivity index (χ2n) is 6.06. The minimum atomic E-state index is -0.245. The molecule has 0 aromatic carbocycles. The Labute approximate surface area is 134 Å². The highest BCUT2D eigenvalue weighted by atomic mass is 16.1. The Balaban J connectivity index is 0. The van der Waals surface area contributed by atoms with Crippen LogP contribution in [-0.2, 0) is 4.79 Å². The molecule has 2 nitrogen and oxygen atoms in total. The van der Waals surface area contributed by atoms with Crippen LogP contribution in [0.25, 0.3) is 0 Å². The monoisotopic (exact) mass is 299 g/mol. The molecule has 0 atom stereocenters. The van der Waals surface area contributed by atoms with E-state index in [1.165, 1.54) is 89.9 Å². The van der Waals surface area contributed by atoms with Crippen LogP contribution in [0.4, 0.5) is 0 Å². The Morgan fingerprint density at radius 1 is 0.571 bits per heavy atom. The zero-order chi connectivity index (χ0) is 16.2. The molecule has 0 radical (unpaired) electrons. The van der Waals surface area contributed by atoms with Crippen molar-refractivity contribution in [1.29, 1.82) is 0 Å². The van der Waals surface area contributed by atoms with Crippen LogP contribution in [0, 0.1) is 0 Å². The number of nitrogens with two attached hydrogens (primary N) is 1. The summed E-state index contributed by atoms with van der Waals surface area (Å²) in [5.41, 5.74) is 4.65. The zero-order valence-corrected chi connectivity index (χ0v) is 15.1. The Kier molecular flexibility index (Phi) is 23.6. The van der Waals surface area contributed by atoms with E-state index >= 15 is 0 Å². The fourth-order valence-electron chi connectivity index (χ4n) is 2.27. The number of carbonyl (C=O) groups is 1. The van der Waals surface area contributed by atoms with E-state index in [0.29, 0.717) is 6.42 Å². The van der Waals surface area contributed by atoms with Gasteiger partial charge < -0.3 is 5.73 Å². The lowest BCUT2D eigenvalue weighted by atomic mass is 10.0. The summed E-state index contributed by atoms with van der Waals surface area (Å²) in [6.07, 6.45) is 20.9. The lowest BCUT2D eigenvalue weighted by molar-refractivity contribution is -0.117. The maximum absolute atomic E-state index is 9.59. The lowest BCUT2D eigenvalue weighted by Gasteiger charge is -2.02. The zero-order valence-electron chi connectivity index (χ0n) is 15.1. The number of amides is 1. The quantitative estimate of drug-likeness (QED) is 0.372. The maximum Gasteiger partial charge on any atom is 0.217 e. The summed E-state index contributed by atoms with van der Waals surface area (Å²) in [5, 5.41) is 0. The molecule has 128 valence electrons. The van der Waals surface area contributed by atoms with Crippen molar-refractivity contribution >= 4 is 5.91 Å². The number of hydrogen-bond donors (Lipinski definition) is 1. The lowest BCUT2D eigenvalue weighted by Crippen LogP contribution is -2.06. The molecular formula is C19H41NO. The van der Waals surface area contributed by atoms with Crippen molar-refractivity contribution in [2.75, 3.05) is 0 Å². The van der Waals surface area contributed by atoms with Crippen molar-refractivity contribution in [2.24, 2.45) is 5.73 Å². The molecule has 0 aromatic heterocycles. The first kappa shape index (κ1) is 22.7. The highest BCUT2D eigenvalue weighted by Gasteiger charge is 1.92. The van der Waals surface area contributed by atoms with Gasteiger partial charge in [-0.2, -0.15) is 0 Å². The number of carbonyl (C=O) groups excluding carboxylic acids is 1. The molecule has 0 aliphatic rings. The maximum atomic E-state index is 9.59. The van der Waals surface area contributed by atoms with Crippen molar-refractivity contribution in [2.45, 2.75) is 117 Å². The summed E-state index contributed by atoms with van der Waals surface area (Å²) in [6, 6.07) is 0. The molecule has 0 rings (SSSR count). The Morgan fingerprint density at radius 3 is 0.905 bits per heavy atom. The van der Waals surface area contributed by atoms with Crippen molar-refractivity contribution in [3.05, 3.63) is 0 Å². The van der Waals surface area contributed by atoms with E-state index in [1.807, 2.05) is 0 Å². The minimum absolute atomic E-state index is 0.245. The number of rotatable bonds is 14. The van der Waals surface area contributed by atoms with Gasteiger partial charge in [-0.3, -0.25) is 4.79 Å². The van der Waals surface area contributed by atoms with Crippen molar-refractivity contribution in [1.82, 2.24) is 0 Å². The SMILES string of the molecule is CCC(N)=O.CCCCCCCCCCCCCCCC. The van der Waals surface area contributed by atoms with Crippen molar-refractivity contribution in [3.63, 3.8) is 0 Å². The Morgan fingerprint density at radius 2 is 0.762 bits per heavy atom. The van der Waals surface area contributed by atoms with Gasteiger partial charge in [0.1, 0.15) is 0 Å². The Bertz CT molecular complexity index is 178. The molecule has 0 bridgehead atoms. The van der Waals surface area contributed by atoms with Gasteiger partial charge in [0.2, 0.25) is 5.91 Å². The molecule has 1 amide bonds. The molecule has 0 saturated carbocycles. The first-order valence-corrected chi connectivity index (χ1v) is 9.47. The van der Waals surface area contributed by atoms with Gasteiger partial charge in [0.25, 0.3) is 0 Å². The molecule has 2 heteroatoms. The van der Waals surface area contributed by atoms with Crippen LogP contribution in [0.15, 0.2) is 0 Å². The van der Waals surface area contributed by atoms with Gasteiger partial charge in [0, 0.05) is 6.42 Å². The van der Waals surface area contributed by atoms with E-state index in [9.17, 15) is 4.79 Å². The van der Waals surface area contributed by atoms with Crippen molar-refractivity contribution in [3.8, 4) is 0 Å². The van der Waals surface area contributed by atoms with Crippen LogP contribution >= 0.6 is 0 Å². The first-order chi connectivity index (χ1) is 10.2. The summed E-state index contributed by atoms with van der Waals surface area (Å²) in [6.45, 7) is 6.30. The smallest absolute Gasteiger partial charge is 0.217 e. The summed E-state index contributed by atoms with van der Waals surface area (Å²) in [5.74, 6) is -0.245. The Hall–Kier alpha value is -0.530. The largest absolute Gasteiger partial charge is 0.370 e. The third-order valence-corrected chi connectivity index (χ3v) is 3.81. The fourth-order valence-corrected chi connectivity index (χ4v) is 2.27. The second-order valence-corrected chi connectivity index (χ2v) is 6.06. The van der Waals surface area contributed by atoms with Gasteiger partial charge >= 0.3 is 0 Å². The van der Waals surface area contributed by atoms with Crippen LogP contribution in [0.1, 0.15) is 117 Å². The van der Waals surface area contributed by atoms with E-state index in [-0.39, 0.29) is 5.91 Å². The normalized spacial score (nSPS) is 10.0. The average Bonchev–Trinajstić information content (AvgIpc) is 2.49. The molecule has 0 saturated heterocycles. The molecule has 0 unspecified atom stereocenters. The van der Waals surface area contributed by atoms with Crippen LogP contribution in [0.2, 0.25) is 0 Å². The molecule has 0 aliphatic carbocycles. The molecule has 21 heavy (non-hydrogen) atoms. The summed E-state index contributed by atoms with van der Waals surface area (Å²) >= 11 is 0. The second kappa shape index (κ2) is 21.8. The molecule has 0 spiro atoms. The van der Waals surface area contributed by atoms with Crippen LogP contribution < -0.4 is 5.73 Å². The number of primary amides is 1. The third-order valence-electron chi connectivity index (χ3n) is 3.81. The van der Waals surface area contributed by atoms with Gasteiger partial charge in [-0.1, -0.05) is 111 Å².